The summed E-state index contributed by atoms with van der Waals surface area (Å²) in [5.41, 5.74) is 0.634. The van der Waals surface area contributed by atoms with Crippen molar-refractivity contribution >= 4 is 49.2 Å². The molecule has 0 saturated heterocycles. The van der Waals surface area contributed by atoms with Gasteiger partial charge in [0.1, 0.15) is 4.83 Å². The lowest BCUT2D eigenvalue weighted by molar-refractivity contribution is -0.116. The van der Waals surface area contributed by atoms with Crippen LogP contribution in [0.4, 0.5) is 0 Å². The van der Waals surface area contributed by atoms with Crippen LogP contribution in [-0.2, 0) is 14.8 Å². The first kappa shape index (κ1) is 18.6. The van der Waals surface area contributed by atoms with E-state index in [-0.39, 0.29) is 21.4 Å². The number of benzene rings is 1. The van der Waals surface area contributed by atoms with Gasteiger partial charge in [-0.25, -0.2) is 18.1 Å². The number of sulfonamides is 1. The number of thioether (sulfide) groups is 1. The number of hydrogen-bond acceptors (Lipinski definition) is 7. The molecule has 3 rings (SSSR count). The Morgan fingerprint density at radius 3 is 2.65 bits per heavy atom. The van der Waals surface area contributed by atoms with Crippen LogP contribution in [0.1, 0.15) is 10.4 Å². The summed E-state index contributed by atoms with van der Waals surface area (Å²) in [5, 5.41) is 0.774. The van der Waals surface area contributed by atoms with Crippen LogP contribution in [0.3, 0.4) is 0 Å². The van der Waals surface area contributed by atoms with Gasteiger partial charge in [-0.1, -0.05) is 29.5 Å². The fourth-order valence-corrected chi connectivity index (χ4v) is 4.86. The number of hydrogen-bond donors (Lipinski definition) is 2. The van der Waals surface area contributed by atoms with Crippen molar-refractivity contribution < 1.29 is 13.2 Å². The second kappa shape index (κ2) is 7.22. The van der Waals surface area contributed by atoms with E-state index in [1.165, 1.54) is 23.5 Å². The lowest BCUT2D eigenvalue weighted by atomic mass is 10.2. The van der Waals surface area contributed by atoms with Gasteiger partial charge < -0.3 is 4.98 Å². The Balaban J connectivity index is 1.69. The van der Waals surface area contributed by atoms with Gasteiger partial charge >= 0.3 is 0 Å². The summed E-state index contributed by atoms with van der Waals surface area (Å²) >= 11 is 2.35. The van der Waals surface area contributed by atoms with Crippen molar-refractivity contribution in [3.8, 4) is 0 Å². The number of nitrogens with one attached hydrogen (secondary N) is 2. The van der Waals surface area contributed by atoms with E-state index in [9.17, 15) is 18.0 Å². The van der Waals surface area contributed by atoms with E-state index < -0.39 is 15.9 Å². The Kier molecular flexibility index (Phi) is 5.17. The molecule has 0 spiro atoms. The topological polar surface area (TPSA) is 109 Å². The van der Waals surface area contributed by atoms with Crippen LogP contribution in [0, 0.1) is 13.8 Å². The highest BCUT2D eigenvalue weighted by Gasteiger charge is 2.18. The zero-order chi connectivity index (χ0) is 18.9. The van der Waals surface area contributed by atoms with E-state index in [1.54, 1.807) is 18.2 Å². The zero-order valence-corrected chi connectivity index (χ0v) is 16.3. The van der Waals surface area contributed by atoms with Gasteiger partial charge in [-0.05, 0) is 32.0 Å². The number of H-pyrrole nitrogens is 1. The van der Waals surface area contributed by atoms with Crippen molar-refractivity contribution in [2.75, 3.05) is 5.75 Å². The van der Waals surface area contributed by atoms with E-state index in [1.807, 2.05) is 18.6 Å². The van der Waals surface area contributed by atoms with Gasteiger partial charge in [-0.15, -0.1) is 11.3 Å². The Hall–Kier alpha value is -2.17. The molecule has 0 aliphatic heterocycles. The van der Waals surface area contributed by atoms with Gasteiger partial charge in [0.15, 0.2) is 5.16 Å². The molecule has 136 valence electrons. The second-order valence-electron chi connectivity index (χ2n) is 5.58. The highest BCUT2D eigenvalue weighted by molar-refractivity contribution is 8.00. The predicted octanol–water partition coefficient (Wildman–Crippen LogP) is 2.20. The van der Waals surface area contributed by atoms with Crippen molar-refractivity contribution in [1.82, 2.24) is 14.7 Å². The summed E-state index contributed by atoms with van der Waals surface area (Å²) in [6, 6.07) is 7.93. The van der Waals surface area contributed by atoms with Crippen LogP contribution in [-0.4, -0.2) is 30.0 Å². The second-order valence-corrected chi connectivity index (χ2v) is 9.46. The minimum Gasteiger partial charge on any atom is -0.301 e. The lowest BCUT2D eigenvalue weighted by Gasteiger charge is -2.07. The number of fused-ring (bicyclic) bond motifs is 1. The average Bonchev–Trinajstić information content (AvgIpc) is 2.94. The standard InChI is InChI=1S/C16H15N3O4S3/c1-9-3-5-11(6-4-9)26(22,23)19-13(20)8-24-16-17-14(21)12-7-10(2)25-15(12)18-16/h3-7H,8H2,1-2H3,(H,19,20)(H,17,18,21). The molecule has 26 heavy (non-hydrogen) atoms. The Morgan fingerprint density at radius 2 is 1.96 bits per heavy atom. The number of thiophene rings is 1. The summed E-state index contributed by atoms with van der Waals surface area (Å²) < 4.78 is 26.4. The van der Waals surface area contributed by atoms with Crippen molar-refractivity contribution in [3.63, 3.8) is 0 Å². The van der Waals surface area contributed by atoms with Gasteiger partial charge in [0.25, 0.3) is 15.6 Å². The Bertz CT molecular complexity index is 1130. The largest absolute Gasteiger partial charge is 0.301 e. The van der Waals surface area contributed by atoms with Crippen LogP contribution in [0.15, 0.2) is 45.2 Å². The smallest absolute Gasteiger partial charge is 0.264 e. The first-order valence-electron chi connectivity index (χ1n) is 7.50. The number of amides is 1. The molecule has 0 radical (unpaired) electrons. The molecule has 0 aliphatic rings. The lowest BCUT2D eigenvalue weighted by Crippen LogP contribution is -2.32. The number of aromatic amines is 1. The molecule has 0 atom stereocenters. The molecule has 0 unspecified atom stereocenters. The average molecular weight is 410 g/mol. The molecule has 7 nitrogen and oxygen atoms in total. The summed E-state index contributed by atoms with van der Waals surface area (Å²) in [6.07, 6.45) is 0. The maximum absolute atomic E-state index is 12.2. The van der Waals surface area contributed by atoms with E-state index >= 15 is 0 Å². The first-order chi connectivity index (χ1) is 12.2. The molecule has 2 N–H and O–H groups in total. The van der Waals surface area contributed by atoms with Gasteiger partial charge in [0.05, 0.1) is 16.0 Å². The van der Waals surface area contributed by atoms with Gasteiger partial charge in [0.2, 0.25) is 5.91 Å². The normalized spacial score (nSPS) is 11.6. The van der Waals surface area contributed by atoms with Crippen molar-refractivity contribution in [3.05, 3.63) is 51.1 Å². The number of aryl methyl sites for hydroxylation is 2. The fraction of sp³-hybridized carbons (Fsp3) is 0.188. The fourth-order valence-electron chi connectivity index (χ4n) is 2.19. The Morgan fingerprint density at radius 1 is 1.27 bits per heavy atom. The van der Waals surface area contributed by atoms with Crippen molar-refractivity contribution in [2.24, 2.45) is 0 Å². The third kappa shape index (κ3) is 4.14. The number of aromatic nitrogens is 2. The van der Waals surface area contributed by atoms with Gasteiger partial charge in [0, 0.05) is 4.88 Å². The van der Waals surface area contributed by atoms with Crippen LogP contribution in [0.25, 0.3) is 10.2 Å². The highest BCUT2D eigenvalue weighted by Crippen LogP contribution is 2.22. The number of nitrogens with zero attached hydrogens (tertiary/aromatic N) is 1. The van der Waals surface area contributed by atoms with Crippen LogP contribution >= 0.6 is 23.1 Å². The summed E-state index contributed by atoms with van der Waals surface area (Å²) in [7, 11) is -3.92. The molecule has 2 aromatic heterocycles. The molecular formula is C16H15N3O4S3. The molecule has 1 amide bonds. The minimum atomic E-state index is -3.92. The summed E-state index contributed by atoms with van der Waals surface area (Å²) in [5.74, 6) is -0.884. The molecule has 1 aromatic carbocycles. The highest BCUT2D eigenvalue weighted by atomic mass is 32.2. The molecule has 2 heterocycles. The van der Waals surface area contributed by atoms with Crippen LogP contribution in [0.2, 0.25) is 0 Å². The minimum absolute atomic E-state index is 0.0171. The third-order valence-electron chi connectivity index (χ3n) is 3.42. The molecule has 10 heteroatoms. The number of carbonyl (C=O) groups is 1. The van der Waals surface area contributed by atoms with E-state index in [0.29, 0.717) is 10.2 Å². The molecular weight excluding hydrogens is 394 g/mol. The molecule has 0 bridgehead atoms. The summed E-state index contributed by atoms with van der Waals surface area (Å²) in [4.78, 5) is 32.4. The molecule has 3 aromatic rings. The van der Waals surface area contributed by atoms with Crippen molar-refractivity contribution in [2.45, 2.75) is 23.9 Å². The monoisotopic (exact) mass is 409 g/mol. The maximum atomic E-state index is 12.2. The van der Waals surface area contributed by atoms with E-state index in [2.05, 4.69) is 9.97 Å². The quantitative estimate of drug-likeness (QED) is 0.494. The molecule has 0 aliphatic carbocycles. The summed E-state index contributed by atoms with van der Waals surface area (Å²) in [6.45, 7) is 3.72. The number of rotatable bonds is 5. The SMILES string of the molecule is Cc1ccc(S(=O)(=O)NC(=O)CSc2nc3sc(C)cc3c(=O)[nH]2)cc1. The maximum Gasteiger partial charge on any atom is 0.264 e. The molecule has 0 saturated carbocycles. The first-order valence-corrected chi connectivity index (χ1v) is 10.8. The zero-order valence-electron chi connectivity index (χ0n) is 13.9. The van der Waals surface area contributed by atoms with Gasteiger partial charge in [-0.3, -0.25) is 9.59 Å². The number of carbonyl (C=O) groups excluding carboxylic acids is 1. The van der Waals surface area contributed by atoms with Crippen LogP contribution in [0.5, 0.6) is 0 Å². The third-order valence-corrected chi connectivity index (χ3v) is 6.63. The van der Waals surface area contributed by atoms with E-state index in [4.69, 9.17) is 0 Å². The van der Waals surface area contributed by atoms with Crippen LogP contribution < -0.4 is 10.3 Å². The Labute approximate surface area is 157 Å². The molecule has 0 fully saturated rings. The van der Waals surface area contributed by atoms with Gasteiger partial charge in [-0.2, -0.15) is 0 Å². The van der Waals surface area contributed by atoms with E-state index in [0.717, 1.165) is 22.2 Å². The predicted molar refractivity (Wildman–Crippen MR) is 102 cm³/mol. The van der Waals surface area contributed by atoms with Crippen molar-refractivity contribution in [1.29, 1.82) is 0 Å².